The Balaban J connectivity index is 2.09. The maximum Gasteiger partial charge on any atom is 0.330 e. The highest BCUT2D eigenvalue weighted by Gasteiger charge is 2.42. The molecule has 0 radical (unpaired) electrons. The zero-order valence-corrected chi connectivity index (χ0v) is 11.6. The lowest BCUT2D eigenvalue weighted by atomic mass is 10.2. The summed E-state index contributed by atoms with van der Waals surface area (Å²) in [6.07, 6.45) is 2.78. The van der Waals surface area contributed by atoms with Gasteiger partial charge in [0.1, 0.15) is 0 Å². The fourth-order valence-electron chi connectivity index (χ4n) is 1.67. The van der Waals surface area contributed by atoms with Gasteiger partial charge in [-0.3, -0.25) is 0 Å². The highest BCUT2D eigenvalue weighted by atomic mass is 32.2. The van der Waals surface area contributed by atoms with Crippen LogP contribution in [0.4, 0.5) is 0 Å². The predicted octanol–water partition coefficient (Wildman–Crippen LogP) is 1.10. The molecule has 1 aliphatic heterocycles. The summed E-state index contributed by atoms with van der Waals surface area (Å²) in [5.74, 6) is -0.486. The van der Waals surface area contributed by atoms with E-state index in [1.54, 1.807) is 24.3 Å². The van der Waals surface area contributed by atoms with Crippen molar-refractivity contribution in [2.45, 2.75) is 17.9 Å². The molecule has 0 N–H and O–H groups in total. The van der Waals surface area contributed by atoms with E-state index in [1.807, 2.05) is 6.92 Å². The number of hydrogen-bond donors (Lipinski definition) is 0. The summed E-state index contributed by atoms with van der Waals surface area (Å²) in [6.45, 7) is 2.29. The Morgan fingerprint density at radius 3 is 2.58 bits per heavy atom. The first-order valence-electron chi connectivity index (χ1n) is 5.80. The minimum Gasteiger partial charge on any atom is -0.466 e. The number of carbonyl (C=O) groups is 1. The van der Waals surface area contributed by atoms with Crippen molar-refractivity contribution in [2.24, 2.45) is 0 Å². The molecule has 19 heavy (non-hydrogen) atoms. The molecule has 0 saturated carbocycles. The third-order valence-electron chi connectivity index (χ3n) is 2.89. The van der Waals surface area contributed by atoms with E-state index in [4.69, 9.17) is 0 Å². The molecule has 5 nitrogen and oxygen atoms in total. The van der Waals surface area contributed by atoms with E-state index in [2.05, 4.69) is 4.74 Å². The number of rotatable bonds is 4. The zero-order chi connectivity index (χ0) is 14.0. The quantitative estimate of drug-likeness (QED) is 0.471. The number of carbonyl (C=O) groups excluding carboxylic acids is 1. The van der Waals surface area contributed by atoms with E-state index >= 15 is 0 Å². The lowest BCUT2D eigenvalue weighted by Crippen LogP contribution is -2.14. The van der Waals surface area contributed by atoms with Crippen LogP contribution >= 0.6 is 0 Å². The first-order chi connectivity index (χ1) is 8.95. The number of aryl methyl sites for hydroxylation is 1. The molecule has 2 unspecified atom stereocenters. The number of sulfonamides is 1. The molecule has 0 amide bonds. The van der Waals surface area contributed by atoms with Crippen LogP contribution in [0.5, 0.6) is 0 Å². The molecule has 0 aromatic heterocycles. The second-order valence-electron chi connectivity index (χ2n) is 4.34. The number of esters is 1. The van der Waals surface area contributed by atoms with Crippen LogP contribution in [-0.4, -0.2) is 38.4 Å². The van der Waals surface area contributed by atoms with Crippen LogP contribution in [0.15, 0.2) is 41.3 Å². The Morgan fingerprint density at radius 1 is 1.37 bits per heavy atom. The number of methoxy groups -OCH3 is 1. The largest absolute Gasteiger partial charge is 0.466 e. The molecule has 1 saturated heterocycles. The Kier molecular flexibility index (Phi) is 3.73. The van der Waals surface area contributed by atoms with Crippen LogP contribution in [0.25, 0.3) is 0 Å². The summed E-state index contributed by atoms with van der Waals surface area (Å²) in [5, 5.41) is 0. The summed E-state index contributed by atoms with van der Waals surface area (Å²) < 4.78 is 30.2. The van der Waals surface area contributed by atoms with Crippen LogP contribution in [0.3, 0.4) is 0 Å². The van der Waals surface area contributed by atoms with Crippen molar-refractivity contribution in [3.63, 3.8) is 0 Å². The standard InChI is InChI=1S/C13H15NO4S/c1-10-3-6-12(7-4-10)19(16,17)14-9-11(14)5-8-13(15)18-2/h3-8,11H,9H2,1-2H3/b8-5+. The molecule has 1 aromatic rings. The van der Waals surface area contributed by atoms with Gasteiger partial charge in [0.2, 0.25) is 10.0 Å². The van der Waals surface area contributed by atoms with Gasteiger partial charge in [0.05, 0.1) is 18.0 Å². The number of benzene rings is 1. The SMILES string of the molecule is COC(=O)/C=C/C1CN1S(=O)(=O)c1ccc(C)cc1. The molecule has 0 spiro atoms. The van der Waals surface area contributed by atoms with E-state index < -0.39 is 16.0 Å². The maximum atomic E-state index is 12.2. The fraction of sp³-hybridized carbons (Fsp3) is 0.308. The first-order valence-corrected chi connectivity index (χ1v) is 7.24. The minimum absolute atomic E-state index is 0.259. The number of ether oxygens (including phenoxy) is 1. The molecule has 0 aliphatic carbocycles. The second kappa shape index (κ2) is 5.14. The molecule has 6 heteroatoms. The number of hydrogen-bond acceptors (Lipinski definition) is 4. The summed E-state index contributed by atoms with van der Waals surface area (Å²) in [6, 6.07) is 6.44. The van der Waals surface area contributed by atoms with Gasteiger partial charge in [-0.05, 0) is 19.1 Å². The first kappa shape index (κ1) is 13.8. The van der Waals surface area contributed by atoms with Crippen molar-refractivity contribution < 1.29 is 17.9 Å². The summed E-state index contributed by atoms with van der Waals surface area (Å²) >= 11 is 0. The van der Waals surface area contributed by atoms with Gasteiger partial charge < -0.3 is 4.74 Å². The van der Waals surface area contributed by atoms with Gasteiger partial charge in [-0.15, -0.1) is 0 Å². The Morgan fingerprint density at radius 2 is 2.00 bits per heavy atom. The molecule has 2 atom stereocenters. The lowest BCUT2D eigenvalue weighted by molar-refractivity contribution is -0.134. The minimum atomic E-state index is -3.46. The number of nitrogens with zero attached hydrogens (tertiary/aromatic N) is 1. The third-order valence-corrected chi connectivity index (χ3v) is 4.79. The Bertz CT molecular complexity index is 604. The molecule has 102 valence electrons. The van der Waals surface area contributed by atoms with Gasteiger partial charge in [-0.1, -0.05) is 23.8 Å². The summed E-state index contributed by atoms with van der Waals surface area (Å²) in [5.41, 5.74) is 1.01. The smallest absolute Gasteiger partial charge is 0.330 e. The zero-order valence-electron chi connectivity index (χ0n) is 10.7. The third kappa shape index (κ3) is 3.02. The molecule has 1 fully saturated rings. The second-order valence-corrected chi connectivity index (χ2v) is 6.23. The molecular weight excluding hydrogens is 266 g/mol. The summed E-state index contributed by atoms with van der Waals surface area (Å²) in [4.78, 5) is 11.2. The normalized spacial score (nSPS) is 22.4. The van der Waals surface area contributed by atoms with Crippen LogP contribution in [-0.2, 0) is 19.6 Å². The van der Waals surface area contributed by atoms with Crippen molar-refractivity contribution in [1.29, 1.82) is 0 Å². The molecule has 0 bridgehead atoms. The topological polar surface area (TPSA) is 63.5 Å². The van der Waals surface area contributed by atoms with Crippen molar-refractivity contribution >= 4 is 16.0 Å². The van der Waals surface area contributed by atoms with Gasteiger partial charge in [0, 0.05) is 12.6 Å². The van der Waals surface area contributed by atoms with Crippen LogP contribution in [0.2, 0.25) is 0 Å². The van der Waals surface area contributed by atoms with Gasteiger partial charge >= 0.3 is 5.97 Å². The Hall–Kier alpha value is -1.66. The molecular formula is C13H15NO4S. The van der Waals surface area contributed by atoms with Crippen molar-refractivity contribution in [3.05, 3.63) is 42.0 Å². The van der Waals surface area contributed by atoms with E-state index in [9.17, 15) is 13.2 Å². The monoisotopic (exact) mass is 281 g/mol. The molecule has 1 aromatic carbocycles. The maximum absolute atomic E-state index is 12.2. The highest BCUT2D eigenvalue weighted by Crippen LogP contribution is 2.29. The average molecular weight is 281 g/mol. The summed E-state index contributed by atoms with van der Waals surface area (Å²) in [7, 11) is -2.18. The predicted molar refractivity (Wildman–Crippen MR) is 70.0 cm³/mol. The fourth-order valence-corrected chi connectivity index (χ4v) is 3.20. The van der Waals surface area contributed by atoms with Crippen molar-refractivity contribution in [1.82, 2.24) is 4.31 Å². The van der Waals surface area contributed by atoms with Gasteiger partial charge in [-0.25, -0.2) is 13.2 Å². The Labute approximate surface area is 112 Å². The van der Waals surface area contributed by atoms with Gasteiger partial charge in [0.25, 0.3) is 0 Å². The molecule has 1 heterocycles. The molecule has 2 rings (SSSR count). The van der Waals surface area contributed by atoms with E-state index in [1.165, 1.54) is 23.6 Å². The van der Waals surface area contributed by atoms with Crippen molar-refractivity contribution in [2.75, 3.05) is 13.7 Å². The van der Waals surface area contributed by atoms with Crippen LogP contribution in [0.1, 0.15) is 5.56 Å². The van der Waals surface area contributed by atoms with Gasteiger partial charge in [0.15, 0.2) is 0 Å². The van der Waals surface area contributed by atoms with E-state index in [0.29, 0.717) is 6.54 Å². The lowest BCUT2D eigenvalue weighted by Gasteiger charge is -2.05. The molecule has 1 aliphatic rings. The van der Waals surface area contributed by atoms with Gasteiger partial charge in [-0.2, -0.15) is 4.31 Å². The highest BCUT2D eigenvalue weighted by molar-refractivity contribution is 7.89. The van der Waals surface area contributed by atoms with E-state index in [0.717, 1.165) is 5.56 Å². The van der Waals surface area contributed by atoms with Crippen LogP contribution < -0.4 is 0 Å². The average Bonchev–Trinajstić information content (AvgIpc) is 3.16. The van der Waals surface area contributed by atoms with Crippen LogP contribution in [0, 0.1) is 6.92 Å². The van der Waals surface area contributed by atoms with Crippen molar-refractivity contribution in [3.8, 4) is 0 Å². The van der Waals surface area contributed by atoms with E-state index in [-0.39, 0.29) is 10.9 Å².